The van der Waals surface area contributed by atoms with Gasteiger partial charge in [-0.25, -0.2) is 0 Å². The lowest BCUT2D eigenvalue weighted by molar-refractivity contribution is -0.0661. The smallest absolute Gasteiger partial charge is 0.129 e. The molecule has 0 aromatic rings. The summed E-state index contributed by atoms with van der Waals surface area (Å²) in [5.74, 6) is 0. The molecule has 0 fully saturated rings. The molecule has 1 heterocycles. The zero-order valence-electron chi connectivity index (χ0n) is 5.79. The van der Waals surface area contributed by atoms with E-state index in [0.717, 1.165) is 0 Å². The molecule has 0 radical (unpaired) electrons. The fourth-order valence-corrected chi connectivity index (χ4v) is 0.770. The second kappa shape index (κ2) is 2.03. The van der Waals surface area contributed by atoms with Crippen molar-refractivity contribution >= 4 is 0 Å². The van der Waals surface area contributed by atoms with Crippen molar-refractivity contribution in [3.63, 3.8) is 0 Å². The third-order valence-electron chi connectivity index (χ3n) is 1.63. The molecule has 2 nitrogen and oxygen atoms in total. The van der Waals surface area contributed by atoms with Crippen LogP contribution < -0.4 is 0 Å². The summed E-state index contributed by atoms with van der Waals surface area (Å²) in [5, 5.41) is 9.26. The van der Waals surface area contributed by atoms with Gasteiger partial charge < -0.3 is 9.84 Å². The van der Waals surface area contributed by atoms with Gasteiger partial charge in [-0.2, -0.15) is 0 Å². The maximum absolute atomic E-state index is 9.26. The van der Waals surface area contributed by atoms with E-state index in [1.54, 1.807) is 6.26 Å². The van der Waals surface area contributed by atoms with Gasteiger partial charge in [0.15, 0.2) is 0 Å². The van der Waals surface area contributed by atoms with E-state index in [1.165, 1.54) is 0 Å². The van der Waals surface area contributed by atoms with Crippen LogP contribution in [0.4, 0.5) is 0 Å². The van der Waals surface area contributed by atoms with Crippen LogP contribution in [0, 0.1) is 0 Å². The first-order chi connectivity index (χ1) is 4.13. The van der Waals surface area contributed by atoms with Gasteiger partial charge in [0.05, 0.1) is 12.4 Å². The third kappa shape index (κ3) is 1.24. The molecule has 0 saturated carbocycles. The standard InChI is InChI=1S/C7H12O2/c1-7(2)6(8)4-3-5-9-7/h3,5-6,8H,4H2,1-2H3. The van der Waals surface area contributed by atoms with Crippen molar-refractivity contribution in [3.8, 4) is 0 Å². The Morgan fingerprint density at radius 1 is 1.67 bits per heavy atom. The Morgan fingerprint density at radius 3 is 2.67 bits per heavy atom. The number of rotatable bonds is 0. The molecule has 1 rings (SSSR count). The maximum atomic E-state index is 9.26. The first-order valence-corrected chi connectivity index (χ1v) is 3.14. The van der Waals surface area contributed by atoms with Gasteiger partial charge in [0.25, 0.3) is 0 Å². The summed E-state index contributed by atoms with van der Waals surface area (Å²) >= 11 is 0. The number of ether oxygens (including phenoxy) is 1. The van der Waals surface area contributed by atoms with Gasteiger partial charge in [0.1, 0.15) is 5.60 Å². The molecule has 1 aliphatic heterocycles. The minimum atomic E-state index is -0.394. The minimum Gasteiger partial charge on any atom is -0.493 e. The van der Waals surface area contributed by atoms with Crippen LogP contribution in [0.5, 0.6) is 0 Å². The van der Waals surface area contributed by atoms with E-state index in [-0.39, 0.29) is 6.10 Å². The fourth-order valence-electron chi connectivity index (χ4n) is 0.770. The molecular formula is C7H12O2. The molecule has 1 N–H and O–H groups in total. The van der Waals surface area contributed by atoms with Crippen LogP contribution in [0.15, 0.2) is 12.3 Å². The lowest BCUT2D eigenvalue weighted by Gasteiger charge is -2.31. The summed E-state index contributed by atoms with van der Waals surface area (Å²) in [6, 6.07) is 0. The molecule has 1 atom stereocenters. The predicted octanol–water partition coefficient (Wildman–Crippen LogP) is 1.06. The van der Waals surface area contributed by atoms with Gasteiger partial charge in [-0.15, -0.1) is 0 Å². The fraction of sp³-hybridized carbons (Fsp3) is 0.714. The molecule has 0 amide bonds. The molecule has 0 aromatic heterocycles. The summed E-state index contributed by atoms with van der Waals surface area (Å²) < 4.78 is 5.15. The van der Waals surface area contributed by atoms with Crippen LogP contribution in [0.3, 0.4) is 0 Å². The Kier molecular flexibility index (Phi) is 1.49. The highest BCUT2D eigenvalue weighted by atomic mass is 16.5. The van der Waals surface area contributed by atoms with Crippen LogP contribution in [0.1, 0.15) is 20.3 Å². The van der Waals surface area contributed by atoms with Crippen LogP contribution in [0.2, 0.25) is 0 Å². The number of aliphatic hydroxyl groups is 1. The van der Waals surface area contributed by atoms with Gasteiger partial charge in [-0.3, -0.25) is 0 Å². The Hall–Kier alpha value is -0.500. The summed E-state index contributed by atoms with van der Waals surface area (Å²) in [5.41, 5.74) is -0.394. The average Bonchev–Trinajstić information content (AvgIpc) is 1.77. The van der Waals surface area contributed by atoms with Gasteiger partial charge in [-0.1, -0.05) is 0 Å². The molecule has 0 aliphatic carbocycles. The van der Waals surface area contributed by atoms with Gasteiger partial charge >= 0.3 is 0 Å². The highest BCUT2D eigenvalue weighted by molar-refractivity contribution is 4.93. The second-order valence-corrected chi connectivity index (χ2v) is 2.84. The van der Waals surface area contributed by atoms with E-state index < -0.39 is 5.60 Å². The van der Waals surface area contributed by atoms with Gasteiger partial charge in [0.2, 0.25) is 0 Å². The van der Waals surface area contributed by atoms with Gasteiger partial charge in [0, 0.05) is 0 Å². The quantitative estimate of drug-likeness (QED) is 0.528. The van der Waals surface area contributed by atoms with Gasteiger partial charge in [-0.05, 0) is 26.3 Å². The molecule has 1 unspecified atom stereocenters. The first kappa shape index (κ1) is 6.62. The van der Waals surface area contributed by atoms with E-state index in [2.05, 4.69) is 0 Å². The van der Waals surface area contributed by atoms with E-state index in [0.29, 0.717) is 6.42 Å². The maximum Gasteiger partial charge on any atom is 0.129 e. The lowest BCUT2D eigenvalue weighted by Crippen LogP contribution is -2.39. The van der Waals surface area contributed by atoms with Crippen LogP contribution in [0.25, 0.3) is 0 Å². The molecule has 0 spiro atoms. The summed E-state index contributed by atoms with van der Waals surface area (Å²) in [6.45, 7) is 3.75. The zero-order valence-corrected chi connectivity index (χ0v) is 5.79. The topological polar surface area (TPSA) is 29.5 Å². The van der Waals surface area contributed by atoms with E-state index in [1.807, 2.05) is 19.9 Å². The Bertz CT molecular complexity index is 127. The molecular weight excluding hydrogens is 116 g/mol. The number of aliphatic hydroxyl groups excluding tert-OH is 1. The third-order valence-corrected chi connectivity index (χ3v) is 1.63. The molecule has 9 heavy (non-hydrogen) atoms. The van der Waals surface area contributed by atoms with Crippen LogP contribution in [-0.4, -0.2) is 16.8 Å². The highest BCUT2D eigenvalue weighted by Crippen LogP contribution is 2.21. The van der Waals surface area contributed by atoms with Crippen molar-refractivity contribution in [1.29, 1.82) is 0 Å². The van der Waals surface area contributed by atoms with E-state index in [4.69, 9.17) is 4.74 Å². The average molecular weight is 128 g/mol. The number of hydrogen-bond acceptors (Lipinski definition) is 2. The van der Waals surface area contributed by atoms with Crippen LogP contribution >= 0.6 is 0 Å². The normalized spacial score (nSPS) is 31.7. The van der Waals surface area contributed by atoms with E-state index >= 15 is 0 Å². The lowest BCUT2D eigenvalue weighted by atomic mass is 9.97. The van der Waals surface area contributed by atoms with Crippen molar-refractivity contribution in [3.05, 3.63) is 12.3 Å². The van der Waals surface area contributed by atoms with Crippen LogP contribution in [-0.2, 0) is 4.74 Å². The summed E-state index contributed by atoms with van der Waals surface area (Å²) in [6.07, 6.45) is 3.82. The molecule has 0 bridgehead atoms. The molecule has 2 heteroatoms. The molecule has 1 aliphatic rings. The molecule has 0 saturated heterocycles. The van der Waals surface area contributed by atoms with Crippen molar-refractivity contribution in [2.24, 2.45) is 0 Å². The second-order valence-electron chi connectivity index (χ2n) is 2.84. The van der Waals surface area contributed by atoms with Crippen molar-refractivity contribution in [1.82, 2.24) is 0 Å². The van der Waals surface area contributed by atoms with Crippen molar-refractivity contribution < 1.29 is 9.84 Å². The summed E-state index contributed by atoms with van der Waals surface area (Å²) in [7, 11) is 0. The van der Waals surface area contributed by atoms with Crippen molar-refractivity contribution in [2.75, 3.05) is 0 Å². The Morgan fingerprint density at radius 2 is 2.33 bits per heavy atom. The predicted molar refractivity (Wildman–Crippen MR) is 34.9 cm³/mol. The summed E-state index contributed by atoms with van der Waals surface area (Å²) in [4.78, 5) is 0. The van der Waals surface area contributed by atoms with Crippen molar-refractivity contribution in [2.45, 2.75) is 32.0 Å². The molecule has 0 aromatic carbocycles. The largest absolute Gasteiger partial charge is 0.493 e. The number of hydrogen-bond donors (Lipinski definition) is 1. The Labute approximate surface area is 55.1 Å². The Balaban J connectivity index is 2.64. The highest BCUT2D eigenvalue weighted by Gasteiger charge is 2.29. The molecule has 52 valence electrons. The van der Waals surface area contributed by atoms with E-state index in [9.17, 15) is 5.11 Å². The zero-order chi connectivity index (χ0) is 6.91. The SMILES string of the molecule is CC1(C)OC=CCC1O. The minimum absolute atomic E-state index is 0.359. The monoisotopic (exact) mass is 128 g/mol. The first-order valence-electron chi connectivity index (χ1n) is 3.14.